The van der Waals surface area contributed by atoms with Crippen LogP contribution in [0.5, 0.6) is 5.75 Å². The number of carboxylic acids is 1. The molecular formula is C14H19NO5S. The van der Waals surface area contributed by atoms with E-state index in [0.29, 0.717) is 36.1 Å². The summed E-state index contributed by atoms with van der Waals surface area (Å²) in [5, 5.41) is 9.27. The van der Waals surface area contributed by atoms with Gasteiger partial charge in [-0.2, -0.15) is 4.72 Å². The second-order valence-electron chi connectivity index (χ2n) is 5.44. The van der Waals surface area contributed by atoms with Crippen molar-refractivity contribution in [1.82, 2.24) is 4.72 Å². The maximum absolute atomic E-state index is 12.6. The number of nitrogens with one attached hydrogen (secondary N) is 1. The molecule has 0 unspecified atom stereocenters. The van der Waals surface area contributed by atoms with E-state index in [1.807, 2.05) is 0 Å². The summed E-state index contributed by atoms with van der Waals surface area (Å²) in [4.78, 5) is 11.5. The summed E-state index contributed by atoms with van der Waals surface area (Å²) in [7, 11) is -2.39. The predicted molar refractivity (Wildman–Crippen MR) is 77.0 cm³/mol. The van der Waals surface area contributed by atoms with Crippen LogP contribution in [0.2, 0.25) is 0 Å². The van der Waals surface area contributed by atoms with Gasteiger partial charge in [-0.15, -0.1) is 0 Å². The van der Waals surface area contributed by atoms with Gasteiger partial charge in [-0.3, -0.25) is 4.79 Å². The number of carboxylic acid groups (broad SMARTS) is 1. The summed E-state index contributed by atoms with van der Waals surface area (Å²) in [5.41, 5.74) is -0.309. The van der Waals surface area contributed by atoms with Gasteiger partial charge < -0.3 is 9.84 Å². The Balaban J connectivity index is 2.43. The fraction of sp³-hybridized carbons (Fsp3) is 0.500. The van der Waals surface area contributed by atoms with Crippen molar-refractivity contribution >= 4 is 16.0 Å². The number of aliphatic carboxylic acids is 1. The fourth-order valence-electron chi connectivity index (χ4n) is 2.65. The van der Waals surface area contributed by atoms with Crippen LogP contribution in [-0.4, -0.2) is 32.1 Å². The second kappa shape index (κ2) is 5.31. The number of hydrogen-bond acceptors (Lipinski definition) is 4. The van der Waals surface area contributed by atoms with Gasteiger partial charge in [-0.25, -0.2) is 8.42 Å². The number of methoxy groups -OCH3 is 1. The Labute approximate surface area is 124 Å². The molecule has 1 aliphatic rings. The molecule has 0 spiro atoms. The van der Waals surface area contributed by atoms with Crippen LogP contribution in [0, 0.1) is 13.8 Å². The molecule has 1 aromatic rings. The van der Waals surface area contributed by atoms with Gasteiger partial charge in [0.25, 0.3) is 0 Å². The van der Waals surface area contributed by atoms with Crippen LogP contribution in [0.3, 0.4) is 0 Å². The molecule has 116 valence electrons. The first-order valence-corrected chi connectivity index (χ1v) is 8.13. The van der Waals surface area contributed by atoms with Crippen molar-refractivity contribution in [2.75, 3.05) is 7.11 Å². The zero-order chi connectivity index (χ0) is 15.8. The normalized spacial score (nSPS) is 17.1. The van der Waals surface area contributed by atoms with Crippen LogP contribution in [0.15, 0.2) is 17.0 Å². The first kappa shape index (κ1) is 15.8. The van der Waals surface area contributed by atoms with Gasteiger partial charge in [0.05, 0.1) is 12.0 Å². The van der Waals surface area contributed by atoms with Gasteiger partial charge in [0, 0.05) is 0 Å². The fourth-order valence-corrected chi connectivity index (χ4v) is 4.52. The van der Waals surface area contributed by atoms with Crippen molar-refractivity contribution < 1.29 is 23.1 Å². The Morgan fingerprint density at radius 1 is 1.29 bits per heavy atom. The van der Waals surface area contributed by atoms with E-state index in [1.54, 1.807) is 26.0 Å². The Bertz CT molecular complexity index is 654. The van der Waals surface area contributed by atoms with Crippen molar-refractivity contribution in [3.63, 3.8) is 0 Å². The van der Waals surface area contributed by atoms with Crippen LogP contribution in [-0.2, 0) is 14.8 Å². The quantitative estimate of drug-likeness (QED) is 0.861. The highest BCUT2D eigenvalue weighted by Gasteiger charge is 2.48. The third-order valence-corrected chi connectivity index (χ3v) is 5.73. The van der Waals surface area contributed by atoms with E-state index in [-0.39, 0.29) is 4.90 Å². The monoisotopic (exact) mass is 313 g/mol. The molecule has 2 N–H and O–H groups in total. The average molecular weight is 313 g/mol. The summed E-state index contributed by atoms with van der Waals surface area (Å²) in [6.07, 6.45) is 1.33. The van der Waals surface area contributed by atoms with Gasteiger partial charge >= 0.3 is 5.97 Å². The standard InChI is InChI=1S/C14H19NO5S/c1-9-7-11(20-3)8-10(2)12(9)21(18,19)15-14(13(16)17)5-4-6-14/h7-8,15H,4-6H2,1-3H3,(H,16,17). The summed E-state index contributed by atoms with van der Waals surface area (Å²) in [6.45, 7) is 3.33. The molecule has 1 aromatic carbocycles. The molecule has 0 heterocycles. The Morgan fingerprint density at radius 2 is 1.81 bits per heavy atom. The molecule has 2 rings (SSSR count). The number of hydrogen-bond donors (Lipinski definition) is 2. The highest BCUT2D eigenvalue weighted by atomic mass is 32.2. The SMILES string of the molecule is COc1cc(C)c(S(=O)(=O)NC2(C(=O)O)CCC2)c(C)c1. The van der Waals surface area contributed by atoms with Crippen LogP contribution in [0.1, 0.15) is 30.4 Å². The number of ether oxygens (including phenoxy) is 1. The van der Waals surface area contributed by atoms with Crippen molar-refractivity contribution in [2.24, 2.45) is 0 Å². The summed E-state index contributed by atoms with van der Waals surface area (Å²) >= 11 is 0. The van der Waals surface area contributed by atoms with Crippen molar-refractivity contribution in [3.8, 4) is 5.75 Å². The first-order valence-electron chi connectivity index (χ1n) is 6.64. The second-order valence-corrected chi connectivity index (χ2v) is 7.06. The lowest BCUT2D eigenvalue weighted by molar-refractivity contribution is -0.147. The van der Waals surface area contributed by atoms with E-state index in [9.17, 15) is 18.3 Å². The number of aryl methyl sites for hydroxylation is 2. The number of benzene rings is 1. The van der Waals surface area contributed by atoms with E-state index in [4.69, 9.17) is 4.74 Å². The zero-order valence-electron chi connectivity index (χ0n) is 12.3. The molecular weight excluding hydrogens is 294 g/mol. The molecule has 6 nitrogen and oxygen atoms in total. The Hall–Kier alpha value is -1.60. The minimum atomic E-state index is -3.90. The van der Waals surface area contributed by atoms with E-state index in [0.717, 1.165) is 0 Å². The molecule has 0 aromatic heterocycles. The molecule has 7 heteroatoms. The minimum absolute atomic E-state index is 0.121. The Kier molecular flexibility index (Phi) is 3.99. The largest absolute Gasteiger partial charge is 0.497 e. The topological polar surface area (TPSA) is 92.7 Å². The van der Waals surface area contributed by atoms with Gasteiger partial charge in [0.1, 0.15) is 11.3 Å². The molecule has 1 aliphatic carbocycles. The molecule has 0 aliphatic heterocycles. The molecule has 0 atom stereocenters. The predicted octanol–water partition coefficient (Wildman–Crippen LogP) is 1.60. The summed E-state index contributed by atoms with van der Waals surface area (Å²) < 4.78 is 32.6. The van der Waals surface area contributed by atoms with Gasteiger partial charge in [0.15, 0.2) is 0 Å². The van der Waals surface area contributed by atoms with Gasteiger partial charge in [-0.05, 0) is 56.4 Å². The lowest BCUT2D eigenvalue weighted by Crippen LogP contribution is -2.59. The smallest absolute Gasteiger partial charge is 0.324 e. The van der Waals surface area contributed by atoms with E-state index in [1.165, 1.54) is 7.11 Å². The highest BCUT2D eigenvalue weighted by Crippen LogP contribution is 2.35. The third kappa shape index (κ3) is 2.75. The van der Waals surface area contributed by atoms with Crippen LogP contribution in [0.25, 0.3) is 0 Å². The third-order valence-electron chi connectivity index (χ3n) is 3.88. The molecule has 0 radical (unpaired) electrons. The van der Waals surface area contributed by atoms with Crippen LogP contribution in [0.4, 0.5) is 0 Å². The van der Waals surface area contributed by atoms with Gasteiger partial charge in [0.2, 0.25) is 10.0 Å². The molecule has 0 saturated heterocycles. The van der Waals surface area contributed by atoms with Gasteiger partial charge in [-0.1, -0.05) is 0 Å². The summed E-state index contributed by atoms with van der Waals surface area (Å²) in [5.74, 6) is -0.554. The average Bonchev–Trinajstić information content (AvgIpc) is 2.32. The van der Waals surface area contributed by atoms with Crippen molar-refractivity contribution in [1.29, 1.82) is 0 Å². The van der Waals surface area contributed by atoms with Crippen LogP contribution >= 0.6 is 0 Å². The van der Waals surface area contributed by atoms with Crippen LogP contribution < -0.4 is 9.46 Å². The van der Waals surface area contributed by atoms with Crippen molar-refractivity contribution in [2.45, 2.75) is 43.5 Å². The maximum atomic E-state index is 12.6. The highest BCUT2D eigenvalue weighted by molar-refractivity contribution is 7.89. The lowest BCUT2D eigenvalue weighted by Gasteiger charge is -2.38. The molecule has 0 amide bonds. The summed E-state index contributed by atoms with van der Waals surface area (Å²) in [6, 6.07) is 3.24. The Morgan fingerprint density at radius 3 is 2.14 bits per heavy atom. The molecule has 1 saturated carbocycles. The van der Waals surface area contributed by atoms with E-state index < -0.39 is 21.5 Å². The molecule has 0 bridgehead atoms. The number of carbonyl (C=O) groups is 1. The molecule has 21 heavy (non-hydrogen) atoms. The van der Waals surface area contributed by atoms with Crippen molar-refractivity contribution in [3.05, 3.63) is 23.3 Å². The number of sulfonamides is 1. The maximum Gasteiger partial charge on any atom is 0.324 e. The molecule has 1 fully saturated rings. The lowest BCUT2D eigenvalue weighted by atomic mass is 9.78. The first-order chi connectivity index (χ1) is 9.72. The van der Waals surface area contributed by atoms with E-state index in [2.05, 4.69) is 4.72 Å². The van der Waals surface area contributed by atoms with E-state index >= 15 is 0 Å². The number of rotatable bonds is 5. The zero-order valence-corrected chi connectivity index (χ0v) is 13.1. The minimum Gasteiger partial charge on any atom is -0.497 e.